The molecule has 2 aromatic rings. The Morgan fingerprint density at radius 1 is 1.06 bits per heavy atom. The van der Waals surface area contributed by atoms with Crippen LogP contribution >= 0.6 is 0 Å². The number of hydrogen-bond donors (Lipinski definition) is 3. The molecule has 1 unspecified atom stereocenters. The van der Waals surface area contributed by atoms with Gasteiger partial charge in [-0.2, -0.15) is 0 Å². The Morgan fingerprint density at radius 3 is 2.06 bits per heavy atom. The van der Waals surface area contributed by atoms with Gasteiger partial charge in [0.25, 0.3) is 0 Å². The molecule has 0 radical (unpaired) electrons. The SMILES string of the molecule is O=C(O)CC[As](C1(C(=O)NO)CCC1)S(=O)(=O)c1ccc(Oc2ccc(F)cc2)cc1. The van der Waals surface area contributed by atoms with Gasteiger partial charge >= 0.3 is 182 Å². The van der Waals surface area contributed by atoms with Crippen LogP contribution < -0.4 is 10.2 Å². The predicted octanol–water partition coefficient (Wildman–Crippen LogP) is 3.29. The molecule has 0 heterocycles. The van der Waals surface area contributed by atoms with Crippen molar-refractivity contribution in [2.24, 2.45) is 0 Å². The molecule has 166 valence electrons. The van der Waals surface area contributed by atoms with Crippen molar-refractivity contribution in [1.82, 2.24) is 5.48 Å². The molecule has 0 bridgehead atoms. The average molecular weight is 513 g/mol. The van der Waals surface area contributed by atoms with Crippen LogP contribution in [0.3, 0.4) is 0 Å². The maximum atomic E-state index is 13.4. The van der Waals surface area contributed by atoms with Gasteiger partial charge in [0, 0.05) is 0 Å². The minimum absolute atomic E-state index is 0.0265. The van der Waals surface area contributed by atoms with Gasteiger partial charge in [-0.1, -0.05) is 0 Å². The van der Waals surface area contributed by atoms with Gasteiger partial charge in [-0.3, -0.25) is 0 Å². The number of amides is 1. The van der Waals surface area contributed by atoms with Crippen molar-refractivity contribution in [3.63, 3.8) is 0 Å². The molecule has 3 rings (SSSR count). The third-order valence-corrected chi connectivity index (χ3v) is 19.1. The minimum atomic E-state index is -3.96. The summed E-state index contributed by atoms with van der Waals surface area (Å²) >= 11 is -3.19. The number of benzene rings is 2. The summed E-state index contributed by atoms with van der Waals surface area (Å²) in [5.41, 5.74) is 1.58. The van der Waals surface area contributed by atoms with Crippen LogP contribution in [0.15, 0.2) is 53.4 Å². The van der Waals surface area contributed by atoms with Crippen molar-refractivity contribution in [3.8, 4) is 11.5 Å². The molecule has 2 aromatic carbocycles. The zero-order chi connectivity index (χ0) is 22.6. The molecule has 1 amide bonds. The summed E-state index contributed by atoms with van der Waals surface area (Å²) in [6.45, 7) is 0. The van der Waals surface area contributed by atoms with E-state index < -0.39 is 43.5 Å². The number of carboxylic acids is 1. The number of hydroxylamine groups is 1. The average Bonchev–Trinajstić information content (AvgIpc) is 2.71. The Hall–Kier alpha value is -2.42. The summed E-state index contributed by atoms with van der Waals surface area (Å²) < 4.78 is 44.2. The fraction of sp³-hybridized carbons (Fsp3) is 0.300. The van der Waals surface area contributed by atoms with Crippen molar-refractivity contribution in [1.29, 1.82) is 0 Å². The molecule has 1 atom stereocenters. The second-order valence-corrected chi connectivity index (χ2v) is 18.1. The van der Waals surface area contributed by atoms with Crippen LogP contribution in [0.5, 0.6) is 11.5 Å². The van der Waals surface area contributed by atoms with Crippen LogP contribution in [-0.4, -0.2) is 44.1 Å². The predicted molar refractivity (Wildman–Crippen MR) is 109 cm³/mol. The van der Waals surface area contributed by atoms with E-state index in [2.05, 4.69) is 0 Å². The van der Waals surface area contributed by atoms with E-state index in [1.165, 1.54) is 48.5 Å². The molecule has 0 spiro atoms. The first-order valence-corrected chi connectivity index (χ1v) is 15.4. The molecule has 31 heavy (non-hydrogen) atoms. The van der Waals surface area contributed by atoms with Crippen LogP contribution in [0.1, 0.15) is 25.7 Å². The summed E-state index contributed by atoms with van der Waals surface area (Å²) in [5, 5.41) is 18.1. The van der Waals surface area contributed by atoms with Gasteiger partial charge in [0.2, 0.25) is 0 Å². The van der Waals surface area contributed by atoms with E-state index in [1.54, 1.807) is 5.48 Å². The van der Waals surface area contributed by atoms with E-state index in [9.17, 15) is 22.4 Å². The Kier molecular flexibility index (Phi) is 7.03. The molecule has 8 nitrogen and oxygen atoms in total. The fourth-order valence-electron chi connectivity index (χ4n) is 3.41. The number of carbonyl (C=O) groups excluding carboxylic acids is 1. The van der Waals surface area contributed by atoms with E-state index in [-0.39, 0.29) is 16.5 Å². The van der Waals surface area contributed by atoms with E-state index >= 15 is 0 Å². The summed E-state index contributed by atoms with van der Waals surface area (Å²) in [7, 11) is -3.96. The summed E-state index contributed by atoms with van der Waals surface area (Å²) in [6, 6.07) is 10.9. The van der Waals surface area contributed by atoms with Gasteiger partial charge in [0.05, 0.1) is 0 Å². The van der Waals surface area contributed by atoms with Gasteiger partial charge < -0.3 is 0 Å². The zero-order valence-electron chi connectivity index (χ0n) is 16.3. The molecular weight excluding hydrogens is 492 g/mol. The van der Waals surface area contributed by atoms with E-state index in [0.717, 1.165) is 0 Å². The van der Waals surface area contributed by atoms with E-state index in [4.69, 9.17) is 15.1 Å². The Bertz CT molecular complexity index is 1050. The van der Waals surface area contributed by atoms with Gasteiger partial charge in [-0.15, -0.1) is 0 Å². The molecule has 3 N–H and O–H groups in total. The Labute approximate surface area is 182 Å². The normalized spacial score (nSPS) is 16.1. The Balaban J connectivity index is 1.89. The van der Waals surface area contributed by atoms with E-state index in [1.807, 2.05) is 0 Å². The number of carbonyl (C=O) groups is 2. The van der Waals surface area contributed by atoms with Gasteiger partial charge in [0.1, 0.15) is 0 Å². The van der Waals surface area contributed by atoms with Crippen LogP contribution in [0, 0.1) is 5.82 Å². The number of rotatable bonds is 9. The number of nitrogens with one attached hydrogen (secondary N) is 1. The second kappa shape index (κ2) is 9.38. The van der Waals surface area contributed by atoms with Crippen LogP contribution in [-0.2, 0) is 17.7 Å². The maximum absolute atomic E-state index is 13.4. The molecule has 11 heteroatoms. The van der Waals surface area contributed by atoms with Gasteiger partial charge in [-0.05, 0) is 0 Å². The standard InChI is InChI=1S/C20H21AsFNO7S/c22-14-2-4-15(5-3-14)30-16-6-8-17(9-7-16)31(28,29)21(13-10-18(24)25)20(11-1-12-20)19(26)23-27/h2-9,27H,1,10-13H2,(H,23,26)(H,24,25). The third kappa shape index (κ3) is 4.92. The van der Waals surface area contributed by atoms with Gasteiger partial charge in [0.15, 0.2) is 0 Å². The van der Waals surface area contributed by atoms with Crippen molar-refractivity contribution >= 4 is 33.5 Å². The fourth-order valence-corrected chi connectivity index (χ4v) is 17.5. The van der Waals surface area contributed by atoms with Crippen molar-refractivity contribution in [2.75, 3.05) is 0 Å². The van der Waals surface area contributed by atoms with Crippen molar-refractivity contribution < 1.29 is 37.4 Å². The van der Waals surface area contributed by atoms with Crippen molar-refractivity contribution in [3.05, 3.63) is 54.3 Å². The quantitative estimate of drug-likeness (QED) is 0.267. The first-order valence-electron chi connectivity index (χ1n) is 9.42. The molecule has 0 aromatic heterocycles. The topological polar surface area (TPSA) is 130 Å². The third-order valence-electron chi connectivity index (χ3n) is 5.17. The van der Waals surface area contributed by atoms with Crippen LogP contribution in [0.4, 0.5) is 4.39 Å². The first-order chi connectivity index (χ1) is 14.7. The molecule has 0 aliphatic heterocycles. The Morgan fingerprint density at radius 2 is 1.61 bits per heavy atom. The monoisotopic (exact) mass is 513 g/mol. The van der Waals surface area contributed by atoms with Crippen LogP contribution in [0.25, 0.3) is 0 Å². The zero-order valence-corrected chi connectivity index (χ0v) is 19.0. The molecular formula is C20H21AsFNO7S. The molecule has 1 aliphatic carbocycles. The summed E-state index contributed by atoms with van der Waals surface area (Å²) in [5.74, 6) is -1.61. The molecule has 1 saturated carbocycles. The van der Waals surface area contributed by atoms with E-state index in [0.29, 0.717) is 30.8 Å². The number of halogens is 1. The van der Waals surface area contributed by atoms with Gasteiger partial charge in [-0.25, -0.2) is 0 Å². The first kappa shape index (κ1) is 23.2. The summed E-state index contributed by atoms with van der Waals surface area (Å²) in [6.07, 6.45) is 0.852. The molecule has 0 saturated heterocycles. The van der Waals surface area contributed by atoms with Crippen molar-refractivity contribution in [2.45, 2.75) is 40.0 Å². The number of aliphatic carboxylic acids is 1. The number of carboxylic acid groups (broad SMARTS) is 1. The molecule has 1 fully saturated rings. The number of ether oxygens (including phenoxy) is 1. The van der Waals surface area contributed by atoms with Crippen LogP contribution in [0.2, 0.25) is 9.41 Å². The second-order valence-electron chi connectivity index (χ2n) is 7.07. The number of hydrogen-bond acceptors (Lipinski definition) is 6. The summed E-state index contributed by atoms with van der Waals surface area (Å²) in [4.78, 5) is 23.5. The molecule has 1 aliphatic rings.